The normalized spacial score (nSPS) is 13.5. The van der Waals surface area contributed by atoms with Crippen LogP contribution in [-0.2, 0) is 17.6 Å². The van der Waals surface area contributed by atoms with Gasteiger partial charge in [0.15, 0.2) is 0 Å². The van der Waals surface area contributed by atoms with Crippen LogP contribution in [0.2, 0.25) is 0 Å². The molecule has 0 unspecified atom stereocenters. The van der Waals surface area contributed by atoms with Gasteiger partial charge in [-0.1, -0.05) is 24.3 Å². The first kappa shape index (κ1) is 12.7. The van der Waals surface area contributed by atoms with E-state index in [0.717, 1.165) is 23.4 Å². The van der Waals surface area contributed by atoms with Crippen molar-refractivity contribution < 1.29 is 4.79 Å². The highest BCUT2D eigenvalue weighted by atomic mass is 16.2. The number of fused-ring (bicyclic) bond motifs is 1. The molecule has 3 rings (SSSR count). The Kier molecular flexibility index (Phi) is 3.18. The van der Waals surface area contributed by atoms with Gasteiger partial charge in [0.05, 0.1) is 6.42 Å². The first-order valence-corrected chi connectivity index (χ1v) is 6.82. The summed E-state index contributed by atoms with van der Waals surface area (Å²) in [7, 11) is 3.76. The van der Waals surface area contributed by atoms with Crippen molar-refractivity contribution in [3.05, 3.63) is 59.2 Å². The Hall–Kier alpha value is -2.29. The lowest BCUT2D eigenvalue weighted by Gasteiger charge is -2.11. The molecule has 0 aliphatic carbocycles. The summed E-state index contributed by atoms with van der Waals surface area (Å²) < 4.78 is 0. The summed E-state index contributed by atoms with van der Waals surface area (Å²) in [5, 5.41) is 3.16. The third kappa shape index (κ3) is 2.27. The predicted molar refractivity (Wildman–Crippen MR) is 82.4 cm³/mol. The molecule has 0 fully saturated rings. The van der Waals surface area contributed by atoms with Gasteiger partial charge in [0.2, 0.25) is 5.91 Å². The van der Waals surface area contributed by atoms with Crippen molar-refractivity contribution in [3.8, 4) is 0 Å². The van der Waals surface area contributed by atoms with Crippen LogP contribution in [-0.4, -0.2) is 20.0 Å². The number of amides is 1. The molecule has 2 aromatic carbocycles. The second kappa shape index (κ2) is 5.00. The Balaban J connectivity index is 1.86. The van der Waals surface area contributed by atoms with E-state index in [9.17, 15) is 4.79 Å². The monoisotopic (exact) mass is 266 g/mol. The number of nitrogens with zero attached hydrogens (tertiary/aromatic N) is 1. The Morgan fingerprint density at radius 3 is 2.75 bits per heavy atom. The number of hydrogen-bond acceptors (Lipinski definition) is 2. The van der Waals surface area contributed by atoms with Crippen molar-refractivity contribution in [2.75, 3.05) is 24.3 Å². The second-order valence-corrected chi connectivity index (χ2v) is 5.22. The first-order chi connectivity index (χ1) is 9.67. The lowest BCUT2D eigenvalue weighted by molar-refractivity contribution is -0.117. The summed E-state index contributed by atoms with van der Waals surface area (Å²) >= 11 is 0. The molecule has 0 radical (unpaired) electrons. The molecule has 1 N–H and O–H groups in total. The Bertz CT molecular complexity index is 664. The summed E-state index contributed by atoms with van der Waals surface area (Å²) in [5.41, 5.74) is 5.83. The van der Waals surface area contributed by atoms with Crippen LogP contribution >= 0.6 is 0 Å². The quantitative estimate of drug-likeness (QED) is 0.926. The van der Waals surface area contributed by atoms with E-state index in [1.54, 1.807) is 4.90 Å². The molecule has 1 heterocycles. The minimum Gasteiger partial charge on any atom is -0.388 e. The minimum atomic E-state index is 0.175. The zero-order chi connectivity index (χ0) is 14.1. The predicted octanol–water partition coefficient (Wildman–Crippen LogP) is 2.84. The van der Waals surface area contributed by atoms with E-state index in [4.69, 9.17) is 0 Å². The average molecular weight is 266 g/mol. The van der Waals surface area contributed by atoms with Crippen LogP contribution < -0.4 is 10.2 Å². The number of hydrogen-bond donors (Lipinski definition) is 1. The average Bonchev–Trinajstić information content (AvgIpc) is 2.74. The van der Waals surface area contributed by atoms with Crippen molar-refractivity contribution in [3.63, 3.8) is 0 Å². The number of anilines is 2. The molecule has 20 heavy (non-hydrogen) atoms. The second-order valence-electron chi connectivity index (χ2n) is 5.22. The number of likely N-dealkylation sites (N-methyl/N-ethyl adjacent to an activating group) is 1. The van der Waals surface area contributed by atoms with Gasteiger partial charge in [-0.25, -0.2) is 0 Å². The largest absolute Gasteiger partial charge is 0.388 e. The fraction of sp³-hybridized carbons (Fsp3) is 0.235. The molecule has 2 aromatic rings. The zero-order valence-electron chi connectivity index (χ0n) is 11.8. The summed E-state index contributed by atoms with van der Waals surface area (Å²) in [6.45, 7) is 0. The molecule has 0 atom stereocenters. The van der Waals surface area contributed by atoms with Crippen LogP contribution in [0.25, 0.3) is 0 Å². The van der Waals surface area contributed by atoms with E-state index >= 15 is 0 Å². The molecular formula is C17H18N2O. The van der Waals surface area contributed by atoms with Crippen molar-refractivity contribution >= 4 is 17.3 Å². The van der Waals surface area contributed by atoms with Gasteiger partial charge in [-0.05, 0) is 41.3 Å². The Morgan fingerprint density at radius 2 is 1.95 bits per heavy atom. The van der Waals surface area contributed by atoms with Gasteiger partial charge in [-0.15, -0.1) is 0 Å². The molecule has 0 spiro atoms. The fourth-order valence-electron chi connectivity index (χ4n) is 2.71. The van der Waals surface area contributed by atoms with E-state index in [1.165, 1.54) is 11.1 Å². The molecule has 1 aliphatic rings. The summed E-state index contributed by atoms with van der Waals surface area (Å²) in [6.07, 6.45) is 1.41. The zero-order valence-corrected chi connectivity index (χ0v) is 11.8. The molecule has 0 saturated heterocycles. The van der Waals surface area contributed by atoms with E-state index < -0.39 is 0 Å². The van der Waals surface area contributed by atoms with Crippen molar-refractivity contribution in [2.24, 2.45) is 0 Å². The lowest BCUT2D eigenvalue weighted by atomic mass is 10.0. The van der Waals surface area contributed by atoms with Gasteiger partial charge >= 0.3 is 0 Å². The van der Waals surface area contributed by atoms with Gasteiger partial charge in [0.1, 0.15) is 0 Å². The lowest BCUT2D eigenvalue weighted by Crippen LogP contribution is -2.20. The number of carbonyl (C=O) groups excluding carboxylic acids is 1. The van der Waals surface area contributed by atoms with Gasteiger partial charge in [-0.2, -0.15) is 0 Å². The smallest absolute Gasteiger partial charge is 0.231 e. The van der Waals surface area contributed by atoms with Crippen LogP contribution in [0.1, 0.15) is 16.7 Å². The maximum Gasteiger partial charge on any atom is 0.231 e. The summed E-state index contributed by atoms with van der Waals surface area (Å²) in [5.74, 6) is 0.175. The maximum absolute atomic E-state index is 11.7. The summed E-state index contributed by atoms with van der Waals surface area (Å²) in [4.78, 5) is 13.4. The van der Waals surface area contributed by atoms with Crippen LogP contribution in [0, 0.1) is 0 Å². The first-order valence-electron chi connectivity index (χ1n) is 6.82. The molecule has 102 valence electrons. The number of rotatable bonds is 3. The highest BCUT2D eigenvalue weighted by Crippen LogP contribution is 2.29. The molecule has 0 aromatic heterocycles. The molecular weight excluding hydrogens is 248 g/mol. The van der Waals surface area contributed by atoms with Crippen LogP contribution in [0.15, 0.2) is 42.5 Å². The van der Waals surface area contributed by atoms with Gasteiger partial charge < -0.3 is 10.2 Å². The summed E-state index contributed by atoms with van der Waals surface area (Å²) in [6, 6.07) is 14.7. The van der Waals surface area contributed by atoms with Gasteiger partial charge in [0, 0.05) is 25.5 Å². The third-order valence-electron chi connectivity index (χ3n) is 3.84. The third-order valence-corrected chi connectivity index (χ3v) is 3.84. The highest BCUT2D eigenvalue weighted by Gasteiger charge is 2.23. The fourth-order valence-corrected chi connectivity index (χ4v) is 2.71. The Morgan fingerprint density at radius 1 is 1.15 bits per heavy atom. The molecule has 1 amide bonds. The SMILES string of the molecule is CNc1cccc(Cc2ccc3c(c2)CC(=O)N3C)c1. The molecule has 3 heteroatoms. The topological polar surface area (TPSA) is 32.3 Å². The van der Waals surface area contributed by atoms with E-state index in [2.05, 4.69) is 47.8 Å². The number of nitrogens with one attached hydrogen (secondary N) is 1. The van der Waals surface area contributed by atoms with Crippen LogP contribution in [0.4, 0.5) is 11.4 Å². The van der Waals surface area contributed by atoms with E-state index in [1.807, 2.05) is 14.1 Å². The minimum absolute atomic E-state index is 0.175. The Labute approximate surface area is 119 Å². The number of benzene rings is 2. The van der Waals surface area contributed by atoms with Gasteiger partial charge in [-0.3, -0.25) is 4.79 Å². The maximum atomic E-state index is 11.7. The molecule has 3 nitrogen and oxygen atoms in total. The van der Waals surface area contributed by atoms with E-state index in [0.29, 0.717) is 6.42 Å². The number of carbonyl (C=O) groups is 1. The molecule has 0 bridgehead atoms. The molecule has 0 saturated carbocycles. The van der Waals surface area contributed by atoms with Crippen molar-refractivity contribution in [2.45, 2.75) is 12.8 Å². The highest BCUT2D eigenvalue weighted by molar-refractivity contribution is 6.00. The van der Waals surface area contributed by atoms with Crippen molar-refractivity contribution in [1.29, 1.82) is 0 Å². The van der Waals surface area contributed by atoms with E-state index in [-0.39, 0.29) is 5.91 Å². The van der Waals surface area contributed by atoms with Crippen LogP contribution in [0.3, 0.4) is 0 Å². The standard InChI is InChI=1S/C17H18N2O/c1-18-15-5-3-4-12(10-15)8-13-6-7-16-14(9-13)11-17(20)19(16)2/h3-7,9-10,18H,8,11H2,1-2H3. The molecule has 1 aliphatic heterocycles. The van der Waals surface area contributed by atoms with Crippen molar-refractivity contribution in [1.82, 2.24) is 0 Å². The van der Waals surface area contributed by atoms with Gasteiger partial charge in [0.25, 0.3) is 0 Å². The van der Waals surface area contributed by atoms with Crippen LogP contribution in [0.5, 0.6) is 0 Å².